The number of benzene rings is 1. The largest absolute Gasteiger partial charge is 0.338 e. The van der Waals surface area contributed by atoms with E-state index in [0.29, 0.717) is 6.54 Å². The second-order valence-corrected chi connectivity index (χ2v) is 5.85. The molecule has 5 nitrogen and oxygen atoms in total. The lowest BCUT2D eigenvalue weighted by molar-refractivity contribution is 0.237. The topological polar surface area (TPSA) is 59.0 Å². The molecule has 0 aliphatic heterocycles. The lowest BCUT2D eigenvalue weighted by Crippen LogP contribution is -2.41. The minimum Gasteiger partial charge on any atom is -0.338 e. The molecule has 0 saturated heterocycles. The molecule has 2 N–H and O–H groups in total. The molecule has 2 amide bonds. The molecule has 1 unspecified atom stereocenters. The maximum absolute atomic E-state index is 11.9. The second-order valence-electron chi connectivity index (χ2n) is 5.85. The number of hydrogen-bond donors (Lipinski definition) is 2. The molecule has 1 aromatic carbocycles. The summed E-state index contributed by atoms with van der Waals surface area (Å²) >= 11 is 0. The van der Waals surface area contributed by atoms with Gasteiger partial charge in [0.1, 0.15) is 5.82 Å². The number of imidazole rings is 1. The van der Waals surface area contributed by atoms with Crippen molar-refractivity contribution in [3.05, 3.63) is 54.1 Å². The quantitative estimate of drug-likeness (QED) is 0.736. The third-order valence-electron chi connectivity index (χ3n) is 3.87. The summed E-state index contributed by atoms with van der Waals surface area (Å²) in [6, 6.07) is 10.4. The Labute approximate surface area is 138 Å². The van der Waals surface area contributed by atoms with Gasteiger partial charge in [0.25, 0.3) is 0 Å². The first kappa shape index (κ1) is 17.1. The Bertz CT molecular complexity index is 594. The van der Waals surface area contributed by atoms with Crippen LogP contribution in [0.3, 0.4) is 0 Å². The molecule has 1 atom stereocenters. The lowest BCUT2D eigenvalue weighted by Gasteiger charge is -2.15. The molecular weight excluding hydrogens is 288 g/mol. The molecule has 0 spiro atoms. The van der Waals surface area contributed by atoms with Crippen LogP contribution in [0.5, 0.6) is 0 Å². The van der Waals surface area contributed by atoms with Crippen molar-refractivity contribution in [1.82, 2.24) is 20.2 Å². The first-order chi connectivity index (χ1) is 11.1. The van der Waals surface area contributed by atoms with Crippen LogP contribution < -0.4 is 10.6 Å². The summed E-state index contributed by atoms with van der Waals surface area (Å²) in [5.41, 5.74) is 1.30. The molecule has 0 fully saturated rings. The fourth-order valence-corrected chi connectivity index (χ4v) is 2.47. The predicted octanol–water partition coefficient (Wildman–Crippen LogP) is 2.90. The lowest BCUT2D eigenvalue weighted by atomic mass is 10.1. The van der Waals surface area contributed by atoms with Crippen molar-refractivity contribution in [2.45, 2.75) is 45.7 Å². The first-order valence-electron chi connectivity index (χ1n) is 8.21. The molecule has 0 radical (unpaired) electrons. The summed E-state index contributed by atoms with van der Waals surface area (Å²) in [4.78, 5) is 16.0. The third-order valence-corrected chi connectivity index (χ3v) is 3.87. The average Bonchev–Trinajstić information content (AvgIpc) is 2.96. The molecular formula is C18H26N4O. The van der Waals surface area contributed by atoms with Crippen LogP contribution in [0.2, 0.25) is 0 Å². The Morgan fingerprint density at radius 3 is 2.78 bits per heavy atom. The Morgan fingerprint density at radius 1 is 1.30 bits per heavy atom. The summed E-state index contributed by atoms with van der Waals surface area (Å²) in [6.07, 6.45) is 6.56. The molecule has 2 rings (SSSR count). The summed E-state index contributed by atoms with van der Waals surface area (Å²) in [5, 5.41) is 5.90. The average molecular weight is 314 g/mol. The van der Waals surface area contributed by atoms with Gasteiger partial charge in [0.05, 0.1) is 0 Å². The van der Waals surface area contributed by atoms with E-state index in [1.165, 1.54) is 5.56 Å². The van der Waals surface area contributed by atoms with Crippen molar-refractivity contribution < 1.29 is 4.79 Å². The maximum atomic E-state index is 11.9. The summed E-state index contributed by atoms with van der Waals surface area (Å²) in [5.74, 6) is 1.00. The van der Waals surface area contributed by atoms with E-state index in [2.05, 4.69) is 32.3 Å². The standard InChI is InChI=1S/C18H26N4O/c1-15(9-10-17-7-4-3-5-8-17)21-18(23)20-11-6-13-22-14-12-19-16(22)2/h3-5,7-8,12,14-15H,6,9-11,13H2,1-2H3,(H2,20,21,23). The summed E-state index contributed by atoms with van der Waals surface area (Å²) in [6.45, 7) is 5.55. The van der Waals surface area contributed by atoms with Crippen LogP contribution in [0.25, 0.3) is 0 Å². The number of aryl methyl sites for hydroxylation is 3. The normalized spacial score (nSPS) is 11.9. The van der Waals surface area contributed by atoms with Gasteiger partial charge in [0.15, 0.2) is 0 Å². The van der Waals surface area contributed by atoms with Crippen LogP contribution >= 0.6 is 0 Å². The van der Waals surface area contributed by atoms with Gasteiger partial charge in [0, 0.05) is 31.5 Å². The van der Waals surface area contributed by atoms with E-state index < -0.39 is 0 Å². The highest BCUT2D eigenvalue weighted by atomic mass is 16.2. The Balaban J connectivity index is 1.58. The van der Waals surface area contributed by atoms with Gasteiger partial charge in [-0.05, 0) is 38.7 Å². The van der Waals surface area contributed by atoms with E-state index >= 15 is 0 Å². The highest BCUT2D eigenvalue weighted by molar-refractivity contribution is 5.74. The van der Waals surface area contributed by atoms with E-state index in [9.17, 15) is 4.79 Å². The second kappa shape index (κ2) is 8.98. The number of amides is 2. The van der Waals surface area contributed by atoms with Gasteiger partial charge in [-0.25, -0.2) is 9.78 Å². The molecule has 2 aromatic rings. The van der Waals surface area contributed by atoms with E-state index in [-0.39, 0.29) is 12.1 Å². The van der Waals surface area contributed by atoms with E-state index in [4.69, 9.17) is 0 Å². The van der Waals surface area contributed by atoms with Crippen molar-refractivity contribution >= 4 is 6.03 Å². The van der Waals surface area contributed by atoms with Gasteiger partial charge in [-0.15, -0.1) is 0 Å². The molecule has 0 aliphatic carbocycles. The van der Waals surface area contributed by atoms with Crippen molar-refractivity contribution in [2.75, 3.05) is 6.54 Å². The van der Waals surface area contributed by atoms with E-state index in [1.807, 2.05) is 38.2 Å². The number of aromatic nitrogens is 2. The van der Waals surface area contributed by atoms with Crippen molar-refractivity contribution in [3.8, 4) is 0 Å². The summed E-state index contributed by atoms with van der Waals surface area (Å²) < 4.78 is 2.09. The fourth-order valence-electron chi connectivity index (χ4n) is 2.47. The molecule has 0 aliphatic rings. The zero-order valence-electron chi connectivity index (χ0n) is 14.0. The van der Waals surface area contributed by atoms with Crippen LogP contribution in [0, 0.1) is 6.92 Å². The van der Waals surface area contributed by atoms with Crippen LogP contribution in [0.15, 0.2) is 42.7 Å². The van der Waals surface area contributed by atoms with Gasteiger partial charge in [0.2, 0.25) is 0 Å². The highest BCUT2D eigenvalue weighted by Crippen LogP contribution is 2.04. The van der Waals surface area contributed by atoms with Gasteiger partial charge in [-0.1, -0.05) is 30.3 Å². The number of carbonyl (C=O) groups excluding carboxylic acids is 1. The molecule has 23 heavy (non-hydrogen) atoms. The van der Waals surface area contributed by atoms with E-state index in [0.717, 1.165) is 31.6 Å². The predicted molar refractivity (Wildman–Crippen MR) is 92.3 cm³/mol. The van der Waals surface area contributed by atoms with Crippen molar-refractivity contribution in [3.63, 3.8) is 0 Å². The first-order valence-corrected chi connectivity index (χ1v) is 8.21. The maximum Gasteiger partial charge on any atom is 0.314 e. The smallest absolute Gasteiger partial charge is 0.314 e. The Kier molecular flexibility index (Phi) is 6.66. The fraction of sp³-hybridized carbons (Fsp3) is 0.444. The number of urea groups is 1. The van der Waals surface area contributed by atoms with Crippen LogP contribution in [-0.2, 0) is 13.0 Å². The van der Waals surface area contributed by atoms with E-state index in [1.54, 1.807) is 6.20 Å². The van der Waals surface area contributed by atoms with Gasteiger partial charge >= 0.3 is 6.03 Å². The number of nitrogens with one attached hydrogen (secondary N) is 2. The van der Waals surface area contributed by atoms with Crippen LogP contribution in [0.4, 0.5) is 4.79 Å². The molecule has 1 heterocycles. The van der Waals surface area contributed by atoms with Gasteiger partial charge < -0.3 is 15.2 Å². The monoisotopic (exact) mass is 314 g/mol. The van der Waals surface area contributed by atoms with Crippen LogP contribution in [0.1, 0.15) is 31.2 Å². The van der Waals surface area contributed by atoms with Crippen molar-refractivity contribution in [1.29, 1.82) is 0 Å². The zero-order chi connectivity index (χ0) is 16.5. The van der Waals surface area contributed by atoms with Gasteiger partial charge in [-0.2, -0.15) is 0 Å². The molecule has 0 saturated carbocycles. The highest BCUT2D eigenvalue weighted by Gasteiger charge is 2.07. The number of hydrogen-bond acceptors (Lipinski definition) is 2. The molecule has 1 aromatic heterocycles. The minimum absolute atomic E-state index is 0.0899. The van der Waals surface area contributed by atoms with Crippen molar-refractivity contribution in [2.24, 2.45) is 0 Å². The minimum atomic E-state index is -0.0899. The SMILES string of the molecule is Cc1nccn1CCCNC(=O)NC(C)CCc1ccccc1. The molecule has 124 valence electrons. The summed E-state index contributed by atoms with van der Waals surface area (Å²) in [7, 11) is 0. The molecule has 0 bridgehead atoms. The zero-order valence-corrected chi connectivity index (χ0v) is 14.0. The Hall–Kier alpha value is -2.30. The van der Waals surface area contributed by atoms with Gasteiger partial charge in [-0.3, -0.25) is 0 Å². The van der Waals surface area contributed by atoms with Crippen LogP contribution in [-0.4, -0.2) is 28.2 Å². The molecule has 5 heteroatoms. The Morgan fingerprint density at radius 2 is 2.09 bits per heavy atom. The number of carbonyl (C=O) groups is 1. The number of nitrogens with zero attached hydrogens (tertiary/aromatic N) is 2. The number of rotatable bonds is 8. The third kappa shape index (κ3) is 6.14.